The molecule has 1 aliphatic rings. The van der Waals surface area contributed by atoms with Crippen LogP contribution in [0.3, 0.4) is 0 Å². The van der Waals surface area contributed by atoms with Crippen molar-refractivity contribution < 1.29 is 13.9 Å². The average Bonchev–Trinajstić information content (AvgIpc) is 2.41. The van der Waals surface area contributed by atoms with Gasteiger partial charge in [-0.2, -0.15) is 0 Å². The predicted molar refractivity (Wildman–Crippen MR) is 76.2 cm³/mol. The average molecular weight is 280 g/mol. The summed E-state index contributed by atoms with van der Waals surface area (Å²) in [5.41, 5.74) is 6.32. The summed E-state index contributed by atoms with van der Waals surface area (Å²) in [6.45, 7) is 0. The fourth-order valence-corrected chi connectivity index (χ4v) is 2.72. The number of anilines is 1. The number of nitrogens with one attached hydrogen (secondary N) is 1. The van der Waals surface area contributed by atoms with Crippen LogP contribution in [0, 0.1) is 5.82 Å². The third-order valence-corrected chi connectivity index (χ3v) is 3.80. The molecule has 1 aliphatic carbocycles. The lowest BCUT2D eigenvalue weighted by atomic mass is 9.80. The summed E-state index contributed by atoms with van der Waals surface area (Å²) in [5, 5.41) is 2.75. The molecule has 0 radical (unpaired) electrons. The number of halogens is 1. The standard InChI is InChI=1S/C15H21FN2O2/c1-20-13-9-11(16)5-6-12(13)18-14(19)10-15(17)7-3-2-4-8-15/h5-6,9H,2-4,7-8,10,17H2,1H3,(H,18,19). The molecule has 2 rings (SSSR count). The van der Waals surface area contributed by atoms with E-state index < -0.39 is 11.4 Å². The Balaban J connectivity index is 2.01. The van der Waals surface area contributed by atoms with Crippen molar-refractivity contribution in [2.24, 2.45) is 5.73 Å². The zero-order chi connectivity index (χ0) is 14.6. The van der Waals surface area contributed by atoms with Gasteiger partial charge in [-0.25, -0.2) is 4.39 Å². The fraction of sp³-hybridized carbons (Fsp3) is 0.533. The molecule has 0 unspecified atom stereocenters. The molecule has 0 atom stereocenters. The SMILES string of the molecule is COc1cc(F)ccc1NC(=O)CC1(N)CCCCC1. The number of methoxy groups -OCH3 is 1. The maximum absolute atomic E-state index is 13.1. The summed E-state index contributed by atoms with van der Waals surface area (Å²) in [6, 6.07) is 4.03. The van der Waals surface area contributed by atoms with E-state index in [2.05, 4.69) is 5.32 Å². The third-order valence-electron chi connectivity index (χ3n) is 3.80. The van der Waals surface area contributed by atoms with Gasteiger partial charge in [0.25, 0.3) is 0 Å². The minimum absolute atomic E-state index is 0.153. The largest absolute Gasteiger partial charge is 0.494 e. The van der Waals surface area contributed by atoms with Crippen molar-refractivity contribution >= 4 is 11.6 Å². The van der Waals surface area contributed by atoms with Crippen molar-refractivity contribution in [2.75, 3.05) is 12.4 Å². The third kappa shape index (κ3) is 3.70. The van der Waals surface area contributed by atoms with Crippen molar-refractivity contribution in [3.8, 4) is 5.75 Å². The van der Waals surface area contributed by atoms with Crippen molar-refractivity contribution in [3.63, 3.8) is 0 Å². The van der Waals surface area contributed by atoms with E-state index in [1.165, 1.54) is 31.7 Å². The first-order valence-electron chi connectivity index (χ1n) is 6.95. The molecule has 0 spiro atoms. The maximum Gasteiger partial charge on any atom is 0.226 e. The van der Waals surface area contributed by atoms with E-state index in [-0.39, 0.29) is 12.3 Å². The summed E-state index contributed by atoms with van der Waals surface area (Å²) in [4.78, 5) is 12.1. The highest BCUT2D eigenvalue weighted by molar-refractivity contribution is 5.93. The number of amides is 1. The lowest BCUT2D eigenvalue weighted by molar-refractivity contribution is -0.117. The molecule has 4 nitrogen and oxygen atoms in total. The van der Waals surface area contributed by atoms with Crippen LogP contribution in [0.5, 0.6) is 5.75 Å². The zero-order valence-electron chi connectivity index (χ0n) is 11.7. The van der Waals surface area contributed by atoms with Crippen LogP contribution < -0.4 is 15.8 Å². The smallest absolute Gasteiger partial charge is 0.226 e. The molecule has 1 saturated carbocycles. The topological polar surface area (TPSA) is 64.3 Å². The Morgan fingerprint density at radius 3 is 2.75 bits per heavy atom. The van der Waals surface area contributed by atoms with Gasteiger partial charge in [0.1, 0.15) is 11.6 Å². The number of benzene rings is 1. The predicted octanol–water partition coefficient (Wildman–Crippen LogP) is 2.82. The number of nitrogens with two attached hydrogens (primary N) is 1. The van der Waals surface area contributed by atoms with E-state index in [9.17, 15) is 9.18 Å². The van der Waals surface area contributed by atoms with Crippen LogP contribution in [0.2, 0.25) is 0 Å². The highest BCUT2D eigenvalue weighted by Crippen LogP contribution is 2.30. The molecule has 0 bridgehead atoms. The van der Waals surface area contributed by atoms with Crippen molar-refractivity contribution in [3.05, 3.63) is 24.0 Å². The quantitative estimate of drug-likeness (QED) is 0.891. The molecule has 0 saturated heterocycles. The normalized spacial score (nSPS) is 17.6. The number of carbonyl (C=O) groups excluding carboxylic acids is 1. The summed E-state index contributed by atoms with van der Waals surface area (Å²) >= 11 is 0. The van der Waals surface area contributed by atoms with Gasteiger partial charge >= 0.3 is 0 Å². The van der Waals surface area contributed by atoms with Crippen LogP contribution in [-0.2, 0) is 4.79 Å². The van der Waals surface area contributed by atoms with Crippen molar-refractivity contribution in [2.45, 2.75) is 44.1 Å². The van der Waals surface area contributed by atoms with Gasteiger partial charge in [0.15, 0.2) is 0 Å². The first-order chi connectivity index (χ1) is 9.52. The molecule has 0 aliphatic heterocycles. The highest BCUT2D eigenvalue weighted by atomic mass is 19.1. The monoisotopic (exact) mass is 280 g/mol. The van der Waals surface area contributed by atoms with E-state index in [0.29, 0.717) is 11.4 Å². The van der Waals surface area contributed by atoms with Crippen molar-refractivity contribution in [1.29, 1.82) is 0 Å². The van der Waals surface area contributed by atoms with Crippen molar-refractivity contribution in [1.82, 2.24) is 0 Å². The summed E-state index contributed by atoms with van der Waals surface area (Å²) in [5.74, 6) is -0.241. The molecular formula is C15H21FN2O2. The first kappa shape index (κ1) is 14.8. The van der Waals surface area contributed by atoms with Gasteiger partial charge in [0.2, 0.25) is 5.91 Å². The van der Waals surface area contributed by atoms with Gasteiger partial charge in [-0.3, -0.25) is 4.79 Å². The second-order valence-electron chi connectivity index (χ2n) is 5.49. The molecule has 0 aromatic heterocycles. The lowest BCUT2D eigenvalue weighted by Crippen LogP contribution is -2.44. The van der Waals surface area contributed by atoms with Crippen LogP contribution >= 0.6 is 0 Å². The second-order valence-corrected chi connectivity index (χ2v) is 5.49. The molecular weight excluding hydrogens is 259 g/mol. The molecule has 1 fully saturated rings. The molecule has 3 N–H and O–H groups in total. The number of hydrogen-bond donors (Lipinski definition) is 2. The van der Waals surface area contributed by atoms with Gasteiger partial charge in [-0.15, -0.1) is 0 Å². The van der Waals surface area contributed by atoms with Gasteiger partial charge in [-0.1, -0.05) is 19.3 Å². The Morgan fingerprint density at radius 2 is 2.10 bits per heavy atom. The number of rotatable bonds is 4. The van der Waals surface area contributed by atoms with E-state index in [0.717, 1.165) is 25.7 Å². The van der Waals surface area contributed by atoms with Crippen LogP contribution in [0.15, 0.2) is 18.2 Å². The lowest BCUT2D eigenvalue weighted by Gasteiger charge is -2.32. The Labute approximate surface area is 118 Å². The summed E-state index contributed by atoms with van der Waals surface area (Å²) in [7, 11) is 1.44. The molecule has 0 heterocycles. The van der Waals surface area contributed by atoms with Crippen LogP contribution in [0.4, 0.5) is 10.1 Å². The second kappa shape index (κ2) is 6.22. The molecule has 5 heteroatoms. The Kier molecular flexibility index (Phi) is 4.60. The minimum Gasteiger partial charge on any atom is -0.494 e. The van der Waals surface area contributed by atoms with Gasteiger partial charge in [0.05, 0.1) is 12.8 Å². The highest BCUT2D eigenvalue weighted by Gasteiger charge is 2.30. The minimum atomic E-state index is -0.407. The van der Waals surface area contributed by atoms with E-state index in [1.54, 1.807) is 0 Å². The van der Waals surface area contributed by atoms with Crippen LogP contribution in [0.1, 0.15) is 38.5 Å². The van der Waals surface area contributed by atoms with Crippen LogP contribution in [-0.4, -0.2) is 18.6 Å². The van der Waals surface area contributed by atoms with Gasteiger partial charge in [0, 0.05) is 18.0 Å². The van der Waals surface area contributed by atoms with E-state index >= 15 is 0 Å². The van der Waals surface area contributed by atoms with E-state index in [1.807, 2.05) is 0 Å². The van der Waals surface area contributed by atoms with Gasteiger partial charge in [-0.05, 0) is 25.0 Å². The maximum atomic E-state index is 13.1. The summed E-state index contributed by atoms with van der Waals surface area (Å²) < 4.78 is 18.1. The van der Waals surface area contributed by atoms with Gasteiger partial charge < -0.3 is 15.8 Å². The fourth-order valence-electron chi connectivity index (χ4n) is 2.72. The van der Waals surface area contributed by atoms with Crippen LogP contribution in [0.25, 0.3) is 0 Å². The Morgan fingerprint density at radius 1 is 1.40 bits per heavy atom. The Hall–Kier alpha value is -1.62. The first-order valence-corrected chi connectivity index (χ1v) is 6.95. The molecule has 110 valence electrons. The molecule has 20 heavy (non-hydrogen) atoms. The number of carbonyl (C=O) groups is 1. The molecule has 1 amide bonds. The molecule has 1 aromatic rings. The molecule has 1 aromatic carbocycles. The number of ether oxygens (including phenoxy) is 1. The number of hydrogen-bond acceptors (Lipinski definition) is 3. The zero-order valence-corrected chi connectivity index (χ0v) is 11.7. The van der Waals surface area contributed by atoms with E-state index in [4.69, 9.17) is 10.5 Å². The Bertz CT molecular complexity index is 485. The summed E-state index contributed by atoms with van der Waals surface area (Å²) in [6.07, 6.45) is 5.37.